The number of carbonyl (C=O) groups is 1. The molecule has 0 spiro atoms. The summed E-state index contributed by atoms with van der Waals surface area (Å²) in [5.41, 5.74) is 1.78. The first-order chi connectivity index (χ1) is 14.6. The quantitative estimate of drug-likeness (QED) is 0.359. The minimum atomic E-state index is -0.559. The summed E-state index contributed by atoms with van der Waals surface area (Å²) < 4.78 is 19.7. The van der Waals surface area contributed by atoms with Crippen molar-refractivity contribution in [3.05, 3.63) is 77.1 Å². The van der Waals surface area contributed by atoms with Crippen LogP contribution in [0.3, 0.4) is 0 Å². The van der Waals surface area contributed by atoms with Gasteiger partial charge in [-0.25, -0.2) is 9.18 Å². The fraction of sp³-hybridized carbons (Fsp3) is 0.308. The van der Waals surface area contributed by atoms with Crippen molar-refractivity contribution in [3.8, 4) is 11.8 Å². The van der Waals surface area contributed by atoms with Crippen LogP contribution in [-0.4, -0.2) is 5.97 Å². The van der Waals surface area contributed by atoms with Gasteiger partial charge in [0.25, 0.3) is 0 Å². The Labute approximate surface area is 176 Å². The van der Waals surface area contributed by atoms with E-state index in [1.54, 1.807) is 18.2 Å². The average Bonchev–Trinajstić information content (AvgIpc) is 2.79. The molecule has 0 heterocycles. The lowest BCUT2D eigenvalue weighted by atomic mass is 9.78. The van der Waals surface area contributed by atoms with Gasteiger partial charge in [0.15, 0.2) is 0 Å². The van der Waals surface area contributed by atoms with Crippen LogP contribution in [-0.2, 0) is 0 Å². The van der Waals surface area contributed by atoms with E-state index in [1.165, 1.54) is 49.8 Å². The fourth-order valence-corrected chi connectivity index (χ4v) is 4.38. The molecule has 3 aromatic carbocycles. The van der Waals surface area contributed by atoms with E-state index in [4.69, 9.17) is 10.00 Å². The third-order valence-corrected chi connectivity index (χ3v) is 6.30. The van der Waals surface area contributed by atoms with Gasteiger partial charge in [-0.1, -0.05) is 31.5 Å². The molecule has 4 heteroatoms. The Hall–Kier alpha value is -3.19. The van der Waals surface area contributed by atoms with Gasteiger partial charge in [0.2, 0.25) is 0 Å². The van der Waals surface area contributed by atoms with Gasteiger partial charge in [-0.05, 0) is 84.9 Å². The number of ether oxygens (including phenoxy) is 1. The number of hydrogen-bond acceptors (Lipinski definition) is 3. The topological polar surface area (TPSA) is 50.1 Å². The highest BCUT2D eigenvalue weighted by Gasteiger charge is 2.21. The maximum absolute atomic E-state index is 14.2. The van der Waals surface area contributed by atoms with Crippen LogP contribution in [0.25, 0.3) is 10.8 Å². The van der Waals surface area contributed by atoms with E-state index in [2.05, 4.69) is 6.92 Å². The van der Waals surface area contributed by atoms with E-state index < -0.39 is 11.8 Å². The SMILES string of the molecule is CCC1CCC(c2ccc(C(=O)Oc3ccc4c(F)c(C#N)ccc4c3)cc2)CC1. The van der Waals surface area contributed by atoms with Gasteiger partial charge in [-0.2, -0.15) is 5.26 Å². The third kappa shape index (κ3) is 4.07. The molecule has 0 unspecified atom stereocenters. The van der Waals surface area contributed by atoms with Crippen molar-refractivity contribution in [1.29, 1.82) is 5.26 Å². The van der Waals surface area contributed by atoms with Crippen LogP contribution in [0, 0.1) is 23.1 Å². The molecule has 0 atom stereocenters. The highest BCUT2D eigenvalue weighted by molar-refractivity contribution is 5.92. The van der Waals surface area contributed by atoms with Gasteiger partial charge in [0.05, 0.1) is 11.1 Å². The summed E-state index contributed by atoms with van der Waals surface area (Å²) in [6, 6.07) is 17.3. The first kappa shape index (κ1) is 20.1. The van der Waals surface area contributed by atoms with E-state index >= 15 is 0 Å². The molecule has 3 aromatic rings. The summed E-state index contributed by atoms with van der Waals surface area (Å²) in [7, 11) is 0. The number of fused-ring (bicyclic) bond motifs is 1. The lowest BCUT2D eigenvalue weighted by molar-refractivity contribution is 0.0735. The smallest absolute Gasteiger partial charge is 0.343 e. The lowest BCUT2D eigenvalue weighted by Gasteiger charge is -2.28. The van der Waals surface area contributed by atoms with Gasteiger partial charge in [0.1, 0.15) is 17.6 Å². The first-order valence-corrected chi connectivity index (χ1v) is 10.5. The minimum absolute atomic E-state index is 0.00415. The summed E-state index contributed by atoms with van der Waals surface area (Å²) in [6.07, 6.45) is 6.25. The Kier molecular flexibility index (Phi) is 5.81. The van der Waals surface area contributed by atoms with Crippen LogP contribution >= 0.6 is 0 Å². The first-order valence-electron chi connectivity index (χ1n) is 10.5. The zero-order valence-electron chi connectivity index (χ0n) is 17.0. The predicted molar refractivity (Wildman–Crippen MR) is 115 cm³/mol. The number of hydrogen-bond donors (Lipinski definition) is 0. The number of nitrogens with zero attached hydrogens (tertiary/aromatic N) is 1. The Morgan fingerprint density at radius 2 is 1.80 bits per heavy atom. The summed E-state index contributed by atoms with van der Waals surface area (Å²) in [4.78, 5) is 12.5. The van der Waals surface area contributed by atoms with Crippen LogP contribution in [0.4, 0.5) is 4.39 Å². The van der Waals surface area contributed by atoms with E-state index in [0.29, 0.717) is 28.0 Å². The van der Waals surface area contributed by atoms with Crippen LogP contribution in [0.2, 0.25) is 0 Å². The second-order valence-electron chi connectivity index (χ2n) is 8.06. The largest absolute Gasteiger partial charge is 0.423 e. The predicted octanol–water partition coefficient (Wildman–Crippen LogP) is 6.75. The average molecular weight is 401 g/mol. The van der Waals surface area contributed by atoms with Gasteiger partial charge in [-0.15, -0.1) is 0 Å². The zero-order chi connectivity index (χ0) is 21.1. The van der Waals surface area contributed by atoms with E-state index in [9.17, 15) is 9.18 Å². The molecular formula is C26H24FNO2. The fourth-order valence-electron chi connectivity index (χ4n) is 4.38. The highest BCUT2D eigenvalue weighted by Crippen LogP contribution is 2.37. The second kappa shape index (κ2) is 8.67. The molecule has 1 fully saturated rings. The van der Waals surface area contributed by atoms with Crippen molar-refractivity contribution in [3.63, 3.8) is 0 Å². The highest BCUT2D eigenvalue weighted by atomic mass is 19.1. The van der Waals surface area contributed by atoms with Crippen LogP contribution in [0.5, 0.6) is 5.75 Å². The maximum Gasteiger partial charge on any atom is 0.343 e. The van der Waals surface area contributed by atoms with Crippen molar-refractivity contribution >= 4 is 16.7 Å². The van der Waals surface area contributed by atoms with E-state index in [0.717, 1.165) is 5.92 Å². The molecule has 1 aliphatic rings. The van der Waals surface area contributed by atoms with Crippen molar-refractivity contribution in [1.82, 2.24) is 0 Å². The second-order valence-corrected chi connectivity index (χ2v) is 8.06. The monoisotopic (exact) mass is 401 g/mol. The Morgan fingerprint density at radius 3 is 2.47 bits per heavy atom. The maximum atomic E-state index is 14.2. The van der Waals surface area contributed by atoms with E-state index in [1.807, 2.05) is 30.3 Å². The van der Waals surface area contributed by atoms with Gasteiger partial charge >= 0.3 is 5.97 Å². The summed E-state index contributed by atoms with van der Waals surface area (Å²) >= 11 is 0. The Morgan fingerprint density at radius 1 is 1.07 bits per heavy atom. The third-order valence-electron chi connectivity index (χ3n) is 6.30. The normalized spacial score (nSPS) is 18.7. The zero-order valence-corrected chi connectivity index (χ0v) is 17.0. The summed E-state index contributed by atoms with van der Waals surface area (Å²) in [5.74, 6) is 0.781. The standard InChI is InChI=1S/C26H24FNO2/c1-2-17-3-5-18(6-4-17)19-7-9-20(10-8-19)26(29)30-23-13-14-24-21(15-23)11-12-22(16-28)25(24)27/h7-15,17-18H,2-6H2,1H3. The summed E-state index contributed by atoms with van der Waals surface area (Å²) in [6.45, 7) is 2.26. The molecule has 1 saturated carbocycles. The molecule has 0 aromatic heterocycles. The van der Waals surface area contributed by atoms with Gasteiger partial charge in [-0.3, -0.25) is 0 Å². The van der Waals surface area contributed by atoms with Crippen LogP contribution in [0.15, 0.2) is 54.6 Å². The number of rotatable bonds is 4. The molecule has 0 aliphatic heterocycles. The molecular weight excluding hydrogens is 377 g/mol. The molecule has 0 N–H and O–H groups in total. The number of benzene rings is 3. The molecule has 0 amide bonds. The summed E-state index contributed by atoms with van der Waals surface area (Å²) in [5, 5.41) is 9.85. The number of nitriles is 1. The van der Waals surface area contributed by atoms with Gasteiger partial charge < -0.3 is 4.74 Å². The minimum Gasteiger partial charge on any atom is -0.423 e. The molecule has 30 heavy (non-hydrogen) atoms. The molecule has 0 bridgehead atoms. The van der Waals surface area contributed by atoms with Crippen LogP contribution < -0.4 is 4.74 Å². The molecule has 152 valence electrons. The molecule has 0 radical (unpaired) electrons. The van der Waals surface area contributed by atoms with Crippen molar-refractivity contribution in [2.75, 3.05) is 0 Å². The van der Waals surface area contributed by atoms with Gasteiger partial charge in [0, 0.05) is 5.39 Å². The molecule has 4 rings (SSSR count). The Balaban J connectivity index is 1.45. The lowest BCUT2D eigenvalue weighted by Crippen LogP contribution is -2.13. The van der Waals surface area contributed by atoms with Crippen molar-refractivity contribution in [2.24, 2.45) is 5.92 Å². The van der Waals surface area contributed by atoms with Crippen molar-refractivity contribution < 1.29 is 13.9 Å². The van der Waals surface area contributed by atoms with Crippen LogP contribution in [0.1, 0.15) is 66.4 Å². The molecule has 3 nitrogen and oxygen atoms in total. The molecule has 1 aliphatic carbocycles. The van der Waals surface area contributed by atoms with Crippen molar-refractivity contribution in [2.45, 2.75) is 44.9 Å². The Bertz CT molecular complexity index is 1110. The number of carbonyl (C=O) groups excluding carboxylic acids is 1. The molecule has 0 saturated heterocycles. The number of esters is 1. The number of halogens is 1. The van der Waals surface area contributed by atoms with E-state index in [-0.39, 0.29) is 5.56 Å².